The lowest BCUT2D eigenvalue weighted by Crippen LogP contribution is -2.31. The summed E-state index contributed by atoms with van der Waals surface area (Å²) in [5.74, 6) is 0.858. The monoisotopic (exact) mass is 313 g/mol. The number of alkyl halides is 1. The lowest BCUT2D eigenvalue weighted by molar-refractivity contribution is 0.0762. The van der Waals surface area contributed by atoms with Crippen molar-refractivity contribution in [3.63, 3.8) is 0 Å². The Hall–Kier alpha value is -1.03. The molecule has 0 N–H and O–H groups in total. The first-order chi connectivity index (χ1) is 8.72. The Morgan fingerprint density at radius 3 is 2.44 bits per heavy atom. The third-order valence-electron chi connectivity index (χ3n) is 2.77. The van der Waals surface area contributed by atoms with Gasteiger partial charge in [-0.15, -0.1) is 0 Å². The Morgan fingerprint density at radius 2 is 1.94 bits per heavy atom. The second-order valence-corrected chi connectivity index (χ2v) is 4.47. The van der Waals surface area contributed by atoms with Gasteiger partial charge in [-0.05, 0) is 53.5 Å². The van der Waals surface area contributed by atoms with E-state index in [-0.39, 0.29) is 5.91 Å². The average molecular weight is 314 g/mol. The fourth-order valence-electron chi connectivity index (χ4n) is 1.69. The van der Waals surface area contributed by atoms with Crippen molar-refractivity contribution in [2.75, 3.05) is 18.6 Å². The van der Waals surface area contributed by atoms with Gasteiger partial charge in [-0.25, -0.2) is 0 Å². The molecule has 0 aliphatic heterocycles. The molecule has 0 saturated carbocycles. The fourth-order valence-corrected chi connectivity index (χ4v) is 1.96. The maximum absolute atomic E-state index is 12.2. The number of hydrogen-bond acceptors (Lipinski definition) is 2. The zero-order chi connectivity index (χ0) is 13.4. The van der Waals surface area contributed by atoms with Crippen LogP contribution in [0.5, 0.6) is 5.75 Å². The van der Waals surface area contributed by atoms with E-state index >= 15 is 0 Å². The highest BCUT2D eigenvalue weighted by molar-refractivity contribution is 9.09. The minimum atomic E-state index is 0.0938. The molecule has 0 heterocycles. The molecule has 1 aromatic carbocycles. The Bertz CT molecular complexity index is 365. The second-order valence-electron chi connectivity index (χ2n) is 4.02. The number of carbonyl (C=O) groups excluding carboxylic acids is 1. The van der Waals surface area contributed by atoms with Gasteiger partial charge < -0.3 is 9.64 Å². The number of nitrogens with zero attached hydrogens (tertiary/aromatic N) is 1. The first-order valence-electron chi connectivity index (χ1n) is 6.31. The van der Waals surface area contributed by atoms with Gasteiger partial charge >= 0.3 is 0 Å². The van der Waals surface area contributed by atoms with E-state index in [2.05, 4.69) is 22.9 Å². The van der Waals surface area contributed by atoms with Crippen LogP contribution in [0.3, 0.4) is 0 Å². The molecule has 0 atom stereocenters. The minimum Gasteiger partial charge on any atom is -0.482 e. The van der Waals surface area contributed by atoms with E-state index in [4.69, 9.17) is 4.74 Å². The summed E-state index contributed by atoms with van der Waals surface area (Å²) in [4.78, 5) is 14.1. The summed E-state index contributed by atoms with van der Waals surface area (Å²) in [6.45, 7) is 5.71. The first kappa shape index (κ1) is 15.0. The topological polar surface area (TPSA) is 29.5 Å². The maximum atomic E-state index is 12.2. The predicted octanol–water partition coefficient (Wildman–Crippen LogP) is 3.68. The van der Waals surface area contributed by atoms with Crippen LogP contribution < -0.4 is 4.74 Å². The van der Waals surface area contributed by atoms with Crippen LogP contribution in [0.4, 0.5) is 0 Å². The first-order valence-corrected chi connectivity index (χ1v) is 7.43. The largest absolute Gasteiger partial charge is 0.482 e. The molecule has 0 aromatic heterocycles. The SMILES string of the molecule is CCCCN(CC)C(=O)c1ccc(OCBr)cc1. The lowest BCUT2D eigenvalue weighted by atomic mass is 10.2. The van der Waals surface area contributed by atoms with Crippen molar-refractivity contribution < 1.29 is 9.53 Å². The van der Waals surface area contributed by atoms with E-state index < -0.39 is 0 Å². The molecule has 0 spiro atoms. The molecule has 1 rings (SSSR count). The standard InChI is InChI=1S/C14H20BrNO2/c1-3-5-10-16(4-2)14(17)12-6-8-13(9-7-12)18-11-15/h6-9H,3-5,10-11H2,1-2H3. The molecule has 0 unspecified atom stereocenters. The third kappa shape index (κ3) is 4.33. The summed E-state index contributed by atoms with van der Waals surface area (Å²) in [5, 5.41) is 0. The van der Waals surface area contributed by atoms with Crippen LogP contribution in [-0.4, -0.2) is 29.4 Å². The summed E-state index contributed by atoms with van der Waals surface area (Å²) < 4.78 is 5.28. The number of hydrogen-bond donors (Lipinski definition) is 0. The molecule has 1 aromatic rings. The van der Waals surface area contributed by atoms with Crippen LogP contribution in [0.2, 0.25) is 0 Å². The number of halogens is 1. The maximum Gasteiger partial charge on any atom is 0.253 e. The van der Waals surface area contributed by atoms with E-state index in [1.165, 1.54) is 0 Å². The van der Waals surface area contributed by atoms with Gasteiger partial charge in [-0.2, -0.15) is 0 Å². The highest BCUT2D eigenvalue weighted by Crippen LogP contribution is 2.14. The van der Waals surface area contributed by atoms with Crippen molar-refractivity contribution in [2.24, 2.45) is 0 Å². The van der Waals surface area contributed by atoms with Gasteiger partial charge in [-0.1, -0.05) is 13.3 Å². The van der Waals surface area contributed by atoms with Gasteiger partial charge in [0.1, 0.15) is 11.3 Å². The van der Waals surface area contributed by atoms with Crippen LogP contribution in [0.15, 0.2) is 24.3 Å². The van der Waals surface area contributed by atoms with Crippen LogP contribution >= 0.6 is 15.9 Å². The summed E-state index contributed by atoms with van der Waals surface area (Å²) in [6, 6.07) is 7.27. The van der Waals surface area contributed by atoms with Crippen LogP contribution in [-0.2, 0) is 0 Å². The van der Waals surface area contributed by atoms with Crippen molar-refractivity contribution in [3.05, 3.63) is 29.8 Å². The average Bonchev–Trinajstić information content (AvgIpc) is 2.40. The molecule has 0 aliphatic rings. The van der Waals surface area contributed by atoms with E-state index in [0.29, 0.717) is 5.52 Å². The number of rotatable bonds is 7. The minimum absolute atomic E-state index is 0.0938. The third-order valence-corrected chi connectivity index (χ3v) is 3.00. The van der Waals surface area contributed by atoms with Gasteiger partial charge in [0.2, 0.25) is 0 Å². The van der Waals surface area contributed by atoms with Crippen LogP contribution in [0.25, 0.3) is 0 Å². The molecule has 4 heteroatoms. The molecule has 100 valence electrons. The number of amides is 1. The summed E-state index contributed by atoms with van der Waals surface area (Å²) in [7, 11) is 0. The quantitative estimate of drug-likeness (QED) is 0.719. The lowest BCUT2D eigenvalue weighted by Gasteiger charge is -2.20. The van der Waals surface area contributed by atoms with E-state index in [1.807, 2.05) is 36.1 Å². The molecule has 0 bridgehead atoms. The molecular formula is C14H20BrNO2. The smallest absolute Gasteiger partial charge is 0.253 e. The zero-order valence-electron chi connectivity index (χ0n) is 11.0. The van der Waals surface area contributed by atoms with Crippen LogP contribution in [0.1, 0.15) is 37.0 Å². The molecule has 0 saturated heterocycles. The number of carbonyl (C=O) groups is 1. The van der Waals surface area contributed by atoms with Gasteiger partial charge in [0.25, 0.3) is 5.91 Å². The molecule has 0 aliphatic carbocycles. The molecular weight excluding hydrogens is 294 g/mol. The van der Waals surface area contributed by atoms with E-state index in [9.17, 15) is 4.79 Å². The molecule has 18 heavy (non-hydrogen) atoms. The normalized spacial score (nSPS) is 10.2. The van der Waals surface area contributed by atoms with Gasteiger partial charge in [0, 0.05) is 18.7 Å². The fraction of sp³-hybridized carbons (Fsp3) is 0.500. The molecule has 3 nitrogen and oxygen atoms in total. The summed E-state index contributed by atoms with van der Waals surface area (Å²) in [5.41, 5.74) is 1.17. The number of unbranched alkanes of at least 4 members (excludes halogenated alkanes) is 1. The van der Waals surface area contributed by atoms with Gasteiger partial charge in [0.15, 0.2) is 0 Å². The van der Waals surface area contributed by atoms with Crippen molar-refractivity contribution in [1.29, 1.82) is 0 Å². The molecule has 0 radical (unpaired) electrons. The number of benzene rings is 1. The Balaban J connectivity index is 2.69. The van der Waals surface area contributed by atoms with Crippen LogP contribution in [0, 0.1) is 0 Å². The van der Waals surface area contributed by atoms with Crippen molar-refractivity contribution in [1.82, 2.24) is 4.90 Å². The summed E-state index contributed by atoms with van der Waals surface area (Å²) >= 11 is 3.20. The van der Waals surface area contributed by atoms with Gasteiger partial charge in [-0.3, -0.25) is 4.79 Å². The van der Waals surface area contributed by atoms with Crippen molar-refractivity contribution in [3.8, 4) is 5.75 Å². The zero-order valence-corrected chi connectivity index (χ0v) is 12.6. The van der Waals surface area contributed by atoms with Crippen molar-refractivity contribution in [2.45, 2.75) is 26.7 Å². The summed E-state index contributed by atoms with van der Waals surface area (Å²) in [6.07, 6.45) is 2.15. The second kappa shape index (κ2) is 8.14. The Labute approximate surface area is 117 Å². The predicted molar refractivity (Wildman–Crippen MR) is 77.3 cm³/mol. The highest BCUT2D eigenvalue weighted by Gasteiger charge is 2.13. The van der Waals surface area contributed by atoms with Crippen molar-refractivity contribution >= 4 is 21.8 Å². The number of ether oxygens (including phenoxy) is 1. The van der Waals surface area contributed by atoms with E-state index in [0.717, 1.165) is 37.2 Å². The highest BCUT2D eigenvalue weighted by atomic mass is 79.9. The Morgan fingerprint density at radius 1 is 1.28 bits per heavy atom. The van der Waals surface area contributed by atoms with E-state index in [1.54, 1.807) is 0 Å². The molecule has 0 fully saturated rings. The van der Waals surface area contributed by atoms with Gasteiger partial charge in [0.05, 0.1) is 0 Å². The molecule has 1 amide bonds. The Kier molecular flexibility index (Phi) is 6.80.